The molecule has 0 amide bonds. The first-order valence-corrected chi connectivity index (χ1v) is 10.2. The molecule has 0 aliphatic rings. The normalized spacial score (nSPS) is 13.4. The van der Waals surface area contributed by atoms with E-state index < -0.39 is 40.6 Å². The van der Waals surface area contributed by atoms with Crippen LogP contribution in [0.15, 0.2) is 53.4 Å². The Labute approximate surface area is 199 Å². The van der Waals surface area contributed by atoms with Crippen molar-refractivity contribution in [1.29, 1.82) is 0 Å². The lowest BCUT2D eigenvalue weighted by Gasteiger charge is -2.26. The number of halogens is 4. The standard InChI is InChI=1S/C21H17F4N7O4/c1-20(33,21(23,24)25)11-27-19-17(32(34)35)9-26-18(28-19)15-8-16(14-6-7-36-30-14)31(29-15)10-12-4-2-3-5-13(12)22/h2-9,33H,10-11H2,1H3,(H,26,27,28). The van der Waals surface area contributed by atoms with Gasteiger partial charge in [-0.25, -0.2) is 14.4 Å². The summed E-state index contributed by atoms with van der Waals surface area (Å²) < 4.78 is 59.6. The molecule has 36 heavy (non-hydrogen) atoms. The maximum atomic E-state index is 14.2. The quantitative estimate of drug-likeness (QED) is 0.207. The molecule has 3 heterocycles. The molecule has 0 aliphatic heterocycles. The number of anilines is 1. The molecule has 0 spiro atoms. The number of aliphatic hydroxyl groups is 1. The molecule has 1 atom stereocenters. The summed E-state index contributed by atoms with van der Waals surface area (Å²) >= 11 is 0. The number of alkyl halides is 3. The zero-order valence-electron chi connectivity index (χ0n) is 18.4. The minimum absolute atomic E-state index is 0.0264. The van der Waals surface area contributed by atoms with Gasteiger partial charge in [0.15, 0.2) is 11.4 Å². The molecular formula is C21H17F4N7O4. The van der Waals surface area contributed by atoms with Gasteiger partial charge in [0.25, 0.3) is 0 Å². The van der Waals surface area contributed by atoms with Gasteiger partial charge in [-0.15, -0.1) is 0 Å². The lowest BCUT2D eigenvalue weighted by molar-refractivity contribution is -0.384. The van der Waals surface area contributed by atoms with Crippen molar-refractivity contribution in [2.45, 2.75) is 25.2 Å². The molecule has 3 aromatic heterocycles. The Morgan fingerprint density at radius 2 is 1.97 bits per heavy atom. The summed E-state index contributed by atoms with van der Waals surface area (Å²) in [6, 6.07) is 9.01. The highest BCUT2D eigenvalue weighted by Crippen LogP contribution is 2.32. The molecule has 0 saturated heterocycles. The van der Waals surface area contributed by atoms with E-state index in [1.807, 2.05) is 0 Å². The van der Waals surface area contributed by atoms with Crippen molar-refractivity contribution in [3.05, 3.63) is 70.4 Å². The van der Waals surface area contributed by atoms with Crippen LogP contribution < -0.4 is 5.32 Å². The average Bonchev–Trinajstić information content (AvgIpc) is 3.48. The van der Waals surface area contributed by atoms with Gasteiger partial charge in [-0.05, 0) is 19.1 Å². The molecule has 15 heteroatoms. The van der Waals surface area contributed by atoms with Crippen LogP contribution in [0.3, 0.4) is 0 Å². The Morgan fingerprint density at radius 1 is 1.22 bits per heavy atom. The van der Waals surface area contributed by atoms with Crippen LogP contribution in [-0.4, -0.2) is 53.3 Å². The van der Waals surface area contributed by atoms with Gasteiger partial charge in [0.05, 0.1) is 23.7 Å². The van der Waals surface area contributed by atoms with Crippen molar-refractivity contribution < 1.29 is 32.1 Å². The minimum atomic E-state index is -5.00. The predicted octanol–water partition coefficient (Wildman–Crippen LogP) is 3.82. The number of nitro groups is 1. The molecular weight excluding hydrogens is 490 g/mol. The third kappa shape index (κ3) is 5.00. The van der Waals surface area contributed by atoms with E-state index in [0.29, 0.717) is 23.9 Å². The number of aromatic nitrogens is 5. The highest BCUT2D eigenvalue weighted by molar-refractivity contribution is 5.65. The van der Waals surface area contributed by atoms with Crippen LogP contribution in [0.25, 0.3) is 22.9 Å². The highest BCUT2D eigenvalue weighted by Gasteiger charge is 2.50. The molecule has 2 N–H and O–H groups in total. The largest absolute Gasteiger partial charge is 0.418 e. The lowest BCUT2D eigenvalue weighted by Crippen LogP contribution is -2.47. The number of hydrogen-bond donors (Lipinski definition) is 2. The van der Waals surface area contributed by atoms with Crippen LogP contribution in [0.1, 0.15) is 12.5 Å². The molecule has 0 saturated carbocycles. The van der Waals surface area contributed by atoms with E-state index in [9.17, 15) is 32.8 Å². The average molecular weight is 507 g/mol. The monoisotopic (exact) mass is 507 g/mol. The molecule has 1 aromatic carbocycles. The molecule has 0 radical (unpaired) electrons. The third-order valence-electron chi connectivity index (χ3n) is 5.16. The van der Waals surface area contributed by atoms with E-state index in [2.05, 4.69) is 25.5 Å². The molecule has 0 bridgehead atoms. The minimum Gasteiger partial charge on any atom is -0.379 e. The second kappa shape index (κ2) is 9.33. The molecule has 1 unspecified atom stereocenters. The van der Waals surface area contributed by atoms with Crippen molar-refractivity contribution in [1.82, 2.24) is 24.9 Å². The van der Waals surface area contributed by atoms with Crippen molar-refractivity contribution in [3.63, 3.8) is 0 Å². The number of nitrogens with zero attached hydrogens (tertiary/aromatic N) is 6. The first-order chi connectivity index (χ1) is 17.0. The van der Waals surface area contributed by atoms with Crippen molar-refractivity contribution in [2.24, 2.45) is 0 Å². The van der Waals surface area contributed by atoms with Crippen LogP contribution in [-0.2, 0) is 6.54 Å². The molecule has 0 fully saturated rings. The summed E-state index contributed by atoms with van der Waals surface area (Å²) in [5.74, 6) is -1.21. The van der Waals surface area contributed by atoms with E-state index in [1.54, 1.807) is 12.1 Å². The zero-order valence-corrected chi connectivity index (χ0v) is 18.4. The number of nitrogens with one attached hydrogen (secondary N) is 1. The topological polar surface area (TPSA) is 145 Å². The van der Waals surface area contributed by atoms with Crippen LogP contribution in [0.5, 0.6) is 0 Å². The van der Waals surface area contributed by atoms with Gasteiger partial charge in [0.2, 0.25) is 5.82 Å². The summed E-state index contributed by atoms with van der Waals surface area (Å²) in [6.07, 6.45) is -2.88. The lowest BCUT2D eigenvalue weighted by atomic mass is 10.1. The van der Waals surface area contributed by atoms with E-state index in [-0.39, 0.29) is 18.1 Å². The molecule has 4 rings (SSSR count). The van der Waals surface area contributed by atoms with Crippen LogP contribution in [0, 0.1) is 15.9 Å². The van der Waals surface area contributed by atoms with E-state index in [4.69, 9.17) is 4.52 Å². The van der Waals surface area contributed by atoms with Crippen LogP contribution >= 0.6 is 0 Å². The number of hydrogen-bond acceptors (Lipinski definition) is 9. The third-order valence-corrected chi connectivity index (χ3v) is 5.16. The van der Waals surface area contributed by atoms with Gasteiger partial charge in [0, 0.05) is 11.6 Å². The van der Waals surface area contributed by atoms with Crippen LogP contribution in [0.4, 0.5) is 29.1 Å². The summed E-state index contributed by atoms with van der Waals surface area (Å²) in [5, 5.41) is 31.4. The number of benzene rings is 1. The fourth-order valence-electron chi connectivity index (χ4n) is 3.10. The second-order valence-electron chi connectivity index (χ2n) is 7.86. The number of rotatable bonds is 8. The second-order valence-corrected chi connectivity index (χ2v) is 7.86. The Balaban J connectivity index is 1.73. The summed E-state index contributed by atoms with van der Waals surface area (Å²) in [7, 11) is 0. The maximum Gasteiger partial charge on any atom is 0.418 e. The smallest absolute Gasteiger partial charge is 0.379 e. The Kier molecular flexibility index (Phi) is 6.41. The highest BCUT2D eigenvalue weighted by atomic mass is 19.4. The first kappa shape index (κ1) is 24.7. The molecule has 4 aromatic rings. The van der Waals surface area contributed by atoms with Crippen molar-refractivity contribution in [2.75, 3.05) is 11.9 Å². The molecule has 188 valence electrons. The zero-order chi connectivity index (χ0) is 26.1. The summed E-state index contributed by atoms with van der Waals surface area (Å²) in [5.41, 5.74) is -2.81. The van der Waals surface area contributed by atoms with Gasteiger partial charge >= 0.3 is 11.9 Å². The Morgan fingerprint density at radius 3 is 2.61 bits per heavy atom. The van der Waals surface area contributed by atoms with Gasteiger partial charge in [-0.1, -0.05) is 23.4 Å². The van der Waals surface area contributed by atoms with E-state index in [0.717, 1.165) is 6.20 Å². The van der Waals surface area contributed by atoms with Gasteiger partial charge in [-0.3, -0.25) is 14.8 Å². The van der Waals surface area contributed by atoms with Crippen LogP contribution in [0.2, 0.25) is 0 Å². The molecule has 11 nitrogen and oxygen atoms in total. The van der Waals surface area contributed by atoms with Crippen molar-refractivity contribution in [3.8, 4) is 22.9 Å². The Bertz CT molecular complexity index is 1390. The van der Waals surface area contributed by atoms with E-state index >= 15 is 0 Å². The fraction of sp³-hybridized carbons (Fsp3) is 0.238. The first-order valence-electron chi connectivity index (χ1n) is 10.2. The molecule has 0 aliphatic carbocycles. The van der Waals surface area contributed by atoms with Gasteiger partial charge < -0.3 is 14.9 Å². The fourth-order valence-corrected chi connectivity index (χ4v) is 3.10. The Hall–Kier alpha value is -4.40. The predicted molar refractivity (Wildman–Crippen MR) is 116 cm³/mol. The summed E-state index contributed by atoms with van der Waals surface area (Å²) in [6.45, 7) is -0.621. The van der Waals surface area contributed by atoms with Crippen molar-refractivity contribution >= 4 is 11.5 Å². The van der Waals surface area contributed by atoms with Gasteiger partial charge in [-0.2, -0.15) is 18.3 Å². The van der Waals surface area contributed by atoms with Gasteiger partial charge in [0.1, 0.15) is 29.7 Å². The maximum absolute atomic E-state index is 14.2. The SMILES string of the molecule is CC(O)(CNc1nc(-c2cc(-c3ccon3)n(Cc3ccccc3F)n2)ncc1[N+](=O)[O-])C(F)(F)F. The van der Waals surface area contributed by atoms with E-state index in [1.165, 1.54) is 35.2 Å². The summed E-state index contributed by atoms with van der Waals surface area (Å²) in [4.78, 5) is 18.4.